The summed E-state index contributed by atoms with van der Waals surface area (Å²) in [5, 5.41) is 5.93. The van der Waals surface area contributed by atoms with Crippen molar-refractivity contribution in [3.05, 3.63) is 35.9 Å². The van der Waals surface area contributed by atoms with E-state index < -0.39 is 53.9 Å². The van der Waals surface area contributed by atoms with Crippen LogP contribution in [0.5, 0.6) is 0 Å². The van der Waals surface area contributed by atoms with Crippen LogP contribution in [0.15, 0.2) is 30.3 Å². The zero-order valence-electron chi connectivity index (χ0n) is 36.1. The Morgan fingerprint density at radius 2 is 1.47 bits per heavy atom. The van der Waals surface area contributed by atoms with E-state index in [0.717, 1.165) is 18.4 Å². The van der Waals surface area contributed by atoms with Crippen molar-refractivity contribution in [2.45, 2.75) is 150 Å². The molecule has 2 rings (SSSR count). The Balaban J connectivity index is 2.30. The molecule has 55 heavy (non-hydrogen) atoms. The van der Waals surface area contributed by atoms with E-state index in [9.17, 15) is 24.0 Å². The van der Waals surface area contributed by atoms with E-state index in [1.165, 1.54) is 7.11 Å². The first-order valence-electron chi connectivity index (χ1n) is 20.2. The number of nitrogens with zero attached hydrogens (tertiary/aromatic N) is 2. The number of likely N-dealkylation sites (tertiary alicyclic amines) is 1. The van der Waals surface area contributed by atoms with Gasteiger partial charge in [-0.2, -0.15) is 0 Å². The number of methoxy groups -OCH3 is 2. The van der Waals surface area contributed by atoms with Crippen LogP contribution in [-0.2, 0) is 44.6 Å². The Morgan fingerprint density at radius 3 is 1.98 bits per heavy atom. The van der Waals surface area contributed by atoms with E-state index in [-0.39, 0.29) is 60.1 Å². The SMILES string of the molecule is CC[C@H](C)[C@@H]([C@@H](CC(=O)N1CCC[C@H]1[C@H](OC)[C@@H](C)C(=O)N[C@@H](Cc1ccccc1)C(=O)OC(C)(C)C)OC)N(C)C(=O)[C@@H](NC(=O)[C@@H](C)C(C)C)C(C)C. The first-order valence-corrected chi connectivity index (χ1v) is 20.2. The standard InChI is InChI=1S/C43H72N4O8/c1-15-28(6)37(46(12)41(51)36(27(4)5)45-39(49)29(7)26(2)3)34(53-13)25-35(48)47-23-19-22-33(47)38(54-14)30(8)40(50)44-32(42(52)55-43(9,10)11)24-31-20-17-16-18-21-31/h16-18,20-21,26-30,32-34,36-38H,15,19,22-25H2,1-14H3,(H,44,50)(H,45,49)/t28-,29-,30+,32-,33-,34+,36-,37-,38+/m0/s1. The third-order valence-corrected chi connectivity index (χ3v) is 11.2. The van der Waals surface area contributed by atoms with Crippen molar-refractivity contribution in [3.63, 3.8) is 0 Å². The summed E-state index contributed by atoms with van der Waals surface area (Å²) in [5.74, 6) is -2.48. The first-order chi connectivity index (χ1) is 25.7. The number of carbonyl (C=O) groups excluding carboxylic acids is 5. The quantitative estimate of drug-likeness (QED) is 0.168. The molecule has 1 aromatic carbocycles. The van der Waals surface area contributed by atoms with Crippen LogP contribution in [0, 0.1) is 29.6 Å². The molecule has 12 nitrogen and oxygen atoms in total. The highest BCUT2D eigenvalue weighted by atomic mass is 16.6. The van der Waals surface area contributed by atoms with Gasteiger partial charge in [-0.05, 0) is 56.9 Å². The number of nitrogens with one attached hydrogen (secondary N) is 2. The molecule has 12 heteroatoms. The number of amides is 4. The smallest absolute Gasteiger partial charge is 0.329 e. The molecular formula is C43H72N4O8. The molecule has 1 fully saturated rings. The van der Waals surface area contributed by atoms with Gasteiger partial charge in [-0.3, -0.25) is 19.2 Å². The average Bonchev–Trinajstić information content (AvgIpc) is 3.61. The van der Waals surface area contributed by atoms with Gasteiger partial charge in [0.15, 0.2) is 0 Å². The van der Waals surface area contributed by atoms with Crippen LogP contribution >= 0.6 is 0 Å². The largest absolute Gasteiger partial charge is 0.458 e. The minimum atomic E-state index is -0.919. The maximum Gasteiger partial charge on any atom is 0.329 e. The fourth-order valence-corrected chi connectivity index (χ4v) is 7.35. The maximum absolute atomic E-state index is 14.2. The molecule has 4 amide bonds. The lowest BCUT2D eigenvalue weighted by atomic mass is 9.89. The molecular weight excluding hydrogens is 700 g/mol. The van der Waals surface area contributed by atoms with Crippen molar-refractivity contribution in [2.75, 3.05) is 27.8 Å². The number of ether oxygens (including phenoxy) is 3. The van der Waals surface area contributed by atoms with Crippen molar-refractivity contribution in [3.8, 4) is 0 Å². The van der Waals surface area contributed by atoms with E-state index in [2.05, 4.69) is 10.6 Å². The molecule has 0 saturated carbocycles. The van der Waals surface area contributed by atoms with Crippen molar-refractivity contribution < 1.29 is 38.2 Å². The highest BCUT2D eigenvalue weighted by Gasteiger charge is 2.43. The molecule has 1 saturated heterocycles. The third kappa shape index (κ3) is 13.6. The van der Waals surface area contributed by atoms with Crippen molar-refractivity contribution in [2.24, 2.45) is 29.6 Å². The van der Waals surface area contributed by atoms with E-state index in [1.807, 2.05) is 78.8 Å². The lowest BCUT2D eigenvalue weighted by molar-refractivity contribution is -0.159. The second-order valence-corrected chi connectivity index (χ2v) is 17.1. The molecule has 0 unspecified atom stereocenters. The Morgan fingerprint density at radius 1 is 0.873 bits per heavy atom. The van der Waals surface area contributed by atoms with Gasteiger partial charge in [0.05, 0.1) is 36.6 Å². The number of benzene rings is 1. The average molecular weight is 773 g/mol. The van der Waals surface area contributed by atoms with Gasteiger partial charge >= 0.3 is 5.97 Å². The number of hydrogen-bond acceptors (Lipinski definition) is 8. The van der Waals surface area contributed by atoms with Crippen LogP contribution in [0.1, 0.15) is 107 Å². The Hall–Kier alpha value is -3.51. The zero-order valence-corrected chi connectivity index (χ0v) is 36.1. The fourth-order valence-electron chi connectivity index (χ4n) is 7.35. The summed E-state index contributed by atoms with van der Waals surface area (Å²) in [4.78, 5) is 72.0. The molecule has 2 N–H and O–H groups in total. The van der Waals surface area contributed by atoms with E-state index in [0.29, 0.717) is 13.0 Å². The van der Waals surface area contributed by atoms with E-state index in [4.69, 9.17) is 14.2 Å². The van der Waals surface area contributed by atoms with E-state index in [1.54, 1.807) is 51.7 Å². The number of hydrogen-bond donors (Lipinski definition) is 2. The Labute approximate surface area is 331 Å². The van der Waals surface area contributed by atoms with Gasteiger partial charge in [0.2, 0.25) is 23.6 Å². The lowest BCUT2D eigenvalue weighted by Crippen LogP contribution is -2.58. The second-order valence-electron chi connectivity index (χ2n) is 17.1. The summed E-state index contributed by atoms with van der Waals surface area (Å²) in [5.41, 5.74) is 0.138. The molecule has 0 bridgehead atoms. The van der Waals surface area contributed by atoms with Crippen LogP contribution in [0.25, 0.3) is 0 Å². The molecule has 312 valence electrons. The third-order valence-electron chi connectivity index (χ3n) is 11.2. The highest BCUT2D eigenvalue weighted by molar-refractivity contribution is 5.89. The lowest BCUT2D eigenvalue weighted by Gasteiger charge is -2.41. The van der Waals surface area contributed by atoms with Gasteiger partial charge < -0.3 is 34.6 Å². The normalized spacial score (nSPS) is 19.1. The summed E-state index contributed by atoms with van der Waals surface area (Å²) in [6.07, 6.45) is 1.09. The van der Waals surface area contributed by atoms with E-state index >= 15 is 0 Å². The molecule has 0 aliphatic carbocycles. The number of likely N-dealkylation sites (N-methyl/N-ethyl adjacent to an activating group) is 1. The number of carbonyl (C=O) groups is 5. The molecule has 0 spiro atoms. The fraction of sp³-hybridized carbons (Fsp3) is 0.744. The molecule has 0 aromatic heterocycles. The topological polar surface area (TPSA) is 144 Å². The van der Waals surface area contributed by atoms with Gasteiger partial charge in [0.1, 0.15) is 17.7 Å². The molecule has 1 aliphatic heterocycles. The predicted molar refractivity (Wildman–Crippen MR) is 215 cm³/mol. The Bertz CT molecular complexity index is 1400. The van der Waals surface area contributed by atoms with Crippen LogP contribution in [0.3, 0.4) is 0 Å². The second kappa shape index (κ2) is 21.7. The number of rotatable bonds is 20. The zero-order chi connectivity index (χ0) is 41.8. The number of esters is 1. The predicted octanol–water partition coefficient (Wildman–Crippen LogP) is 5.41. The minimum absolute atomic E-state index is 0.0114. The minimum Gasteiger partial charge on any atom is -0.458 e. The maximum atomic E-state index is 14.2. The van der Waals surface area contributed by atoms with Gasteiger partial charge in [-0.25, -0.2) is 4.79 Å². The summed E-state index contributed by atoms with van der Waals surface area (Å²) >= 11 is 0. The van der Waals surface area contributed by atoms with Crippen LogP contribution < -0.4 is 10.6 Å². The highest BCUT2D eigenvalue weighted by Crippen LogP contribution is 2.30. The summed E-state index contributed by atoms with van der Waals surface area (Å²) < 4.78 is 17.7. The van der Waals surface area contributed by atoms with Gasteiger partial charge in [0, 0.05) is 40.2 Å². The summed E-state index contributed by atoms with van der Waals surface area (Å²) in [7, 11) is 4.82. The Kier molecular flexibility index (Phi) is 18.8. The van der Waals surface area contributed by atoms with Crippen LogP contribution in [0.4, 0.5) is 0 Å². The molecule has 1 aromatic rings. The molecule has 1 heterocycles. The monoisotopic (exact) mass is 773 g/mol. The van der Waals surface area contributed by atoms with Crippen LogP contribution in [0.2, 0.25) is 0 Å². The van der Waals surface area contributed by atoms with Gasteiger partial charge in [0.25, 0.3) is 0 Å². The van der Waals surface area contributed by atoms with Crippen LogP contribution in [-0.4, -0.2) is 109 Å². The molecule has 9 atom stereocenters. The van der Waals surface area contributed by atoms with Crippen molar-refractivity contribution in [1.82, 2.24) is 20.4 Å². The molecule has 1 aliphatic rings. The van der Waals surface area contributed by atoms with Gasteiger partial charge in [-0.1, -0.05) is 92.1 Å². The van der Waals surface area contributed by atoms with Crippen molar-refractivity contribution >= 4 is 29.6 Å². The molecule has 0 radical (unpaired) electrons. The van der Waals surface area contributed by atoms with Gasteiger partial charge in [-0.15, -0.1) is 0 Å². The summed E-state index contributed by atoms with van der Waals surface area (Å²) in [6, 6.07) is 6.94. The van der Waals surface area contributed by atoms with Crippen molar-refractivity contribution in [1.29, 1.82) is 0 Å². The first kappa shape index (κ1) is 47.6. The summed E-state index contributed by atoms with van der Waals surface area (Å²) in [6.45, 7) is 21.3.